The fraction of sp³-hybridized carbons (Fsp3) is 0.400. The average Bonchev–Trinajstić information content (AvgIpc) is 2.41. The van der Waals surface area contributed by atoms with E-state index in [0.717, 1.165) is 5.56 Å². The summed E-state index contributed by atoms with van der Waals surface area (Å²) in [4.78, 5) is 11.5. The fourth-order valence-electron chi connectivity index (χ4n) is 1.86. The fourth-order valence-corrected chi connectivity index (χ4v) is 2.82. The Hall–Kier alpha value is -1.82. The molecule has 5 nitrogen and oxygen atoms in total. The van der Waals surface area contributed by atoms with Gasteiger partial charge in [0.05, 0.1) is 11.9 Å². The van der Waals surface area contributed by atoms with E-state index in [2.05, 4.69) is 11.9 Å². The number of amides is 1. The van der Waals surface area contributed by atoms with Crippen molar-refractivity contribution < 1.29 is 13.2 Å². The van der Waals surface area contributed by atoms with Gasteiger partial charge in [0.1, 0.15) is 0 Å². The highest BCUT2D eigenvalue weighted by molar-refractivity contribution is 7.92. The normalized spacial score (nSPS) is 11.0. The molecule has 1 N–H and O–H groups in total. The molecule has 0 fully saturated rings. The summed E-state index contributed by atoms with van der Waals surface area (Å²) in [7, 11) is -3.36. The Kier molecular flexibility index (Phi) is 6.42. The van der Waals surface area contributed by atoms with E-state index in [0.29, 0.717) is 18.7 Å². The summed E-state index contributed by atoms with van der Waals surface area (Å²) < 4.78 is 25.1. The van der Waals surface area contributed by atoms with Gasteiger partial charge < -0.3 is 5.32 Å². The Morgan fingerprint density at radius 3 is 2.48 bits per heavy atom. The summed E-state index contributed by atoms with van der Waals surface area (Å²) in [5.74, 6) is -0.104. The van der Waals surface area contributed by atoms with E-state index < -0.39 is 10.0 Å². The third-order valence-corrected chi connectivity index (χ3v) is 4.12. The molecule has 0 heterocycles. The molecule has 0 aromatic heterocycles. The van der Waals surface area contributed by atoms with Gasteiger partial charge in [0.2, 0.25) is 15.9 Å². The van der Waals surface area contributed by atoms with Crippen molar-refractivity contribution in [2.75, 3.05) is 23.7 Å². The van der Waals surface area contributed by atoms with Crippen molar-refractivity contribution in [3.63, 3.8) is 0 Å². The molecule has 0 spiro atoms. The van der Waals surface area contributed by atoms with Gasteiger partial charge in [-0.05, 0) is 25.5 Å². The van der Waals surface area contributed by atoms with Crippen molar-refractivity contribution in [3.05, 3.63) is 42.5 Å². The Balaban J connectivity index is 2.66. The molecule has 0 unspecified atom stereocenters. The number of carbonyl (C=O) groups is 1. The first-order chi connectivity index (χ1) is 9.84. The lowest BCUT2D eigenvalue weighted by Crippen LogP contribution is -2.32. The highest BCUT2D eigenvalue weighted by Gasteiger charge is 2.17. The molecule has 1 aromatic carbocycles. The lowest BCUT2D eigenvalue weighted by Gasteiger charge is -2.22. The maximum absolute atomic E-state index is 11.9. The van der Waals surface area contributed by atoms with Crippen LogP contribution in [-0.2, 0) is 14.8 Å². The molecule has 0 saturated heterocycles. The van der Waals surface area contributed by atoms with Crippen molar-refractivity contribution >= 4 is 21.6 Å². The van der Waals surface area contributed by atoms with Gasteiger partial charge in [-0.25, -0.2) is 8.42 Å². The molecular weight excluding hydrogens is 288 g/mol. The highest BCUT2D eigenvalue weighted by Crippen LogP contribution is 2.18. The second-order valence-electron chi connectivity index (χ2n) is 4.87. The number of aryl methyl sites for hydroxylation is 1. The van der Waals surface area contributed by atoms with Crippen molar-refractivity contribution in [1.82, 2.24) is 5.32 Å². The number of nitrogens with one attached hydrogen (secondary N) is 1. The van der Waals surface area contributed by atoms with Crippen LogP contribution in [0.4, 0.5) is 5.69 Å². The maximum Gasteiger partial charge on any atom is 0.232 e. The number of carbonyl (C=O) groups excluding carboxylic acids is 1. The summed E-state index contributed by atoms with van der Waals surface area (Å²) in [6, 6.07) is 7.27. The summed E-state index contributed by atoms with van der Waals surface area (Å²) in [6.45, 7) is 6.17. The van der Waals surface area contributed by atoms with Crippen LogP contribution in [0.3, 0.4) is 0 Å². The van der Waals surface area contributed by atoms with E-state index >= 15 is 0 Å². The largest absolute Gasteiger partial charge is 0.353 e. The molecule has 116 valence electrons. The van der Waals surface area contributed by atoms with E-state index in [1.165, 1.54) is 10.6 Å². The number of rotatable bonds is 8. The zero-order valence-corrected chi connectivity index (χ0v) is 13.3. The smallest absolute Gasteiger partial charge is 0.232 e. The second-order valence-corrected chi connectivity index (χ2v) is 6.77. The van der Waals surface area contributed by atoms with Crippen LogP contribution in [0.5, 0.6) is 0 Å². The minimum atomic E-state index is -3.36. The van der Waals surface area contributed by atoms with Gasteiger partial charge in [0.25, 0.3) is 0 Å². The van der Waals surface area contributed by atoms with E-state index in [1.54, 1.807) is 18.2 Å². The average molecular weight is 310 g/mol. The molecular formula is C15H22N2O3S. The van der Waals surface area contributed by atoms with Gasteiger partial charge in [0, 0.05) is 19.5 Å². The van der Waals surface area contributed by atoms with Gasteiger partial charge in [-0.2, -0.15) is 0 Å². The zero-order valence-electron chi connectivity index (χ0n) is 12.5. The molecule has 0 bridgehead atoms. The van der Waals surface area contributed by atoms with Gasteiger partial charge in [0.15, 0.2) is 0 Å². The molecule has 0 radical (unpaired) electrons. The third-order valence-electron chi connectivity index (χ3n) is 2.93. The number of nitrogens with zero attached hydrogens (tertiary/aromatic N) is 1. The number of anilines is 1. The lowest BCUT2D eigenvalue weighted by atomic mass is 10.2. The van der Waals surface area contributed by atoms with Crippen molar-refractivity contribution in [1.29, 1.82) is 0 Å². The predicted molar refractivity (Wildman–Crippen MR) is 85.8 cm³/mol. The first kappa shape index (κ1) is 17.2. The van der Waals surface area contributed by atoms with Gasteiger partial charge in [-0.3, -0.25) is 9.10 Å². The van der Waals surface area contributed by atoms with E-state index in [9.17, 15) is 13.2 Å². The maximum atomic E-state index is 11.9. The minimum Gasteiger partial charge on any atom is -0.353 e. The Morgan fingerprint density at radius 1 is 1.33 bits per heavy atom. The lowest BCUT2D eigenvalue weighted by molar-refractivity contribution is -0.120. The quantitative estimate of drug-likeness (QED) is 0.745. The first-order valence-electron chi connectivity index (χ1n) is 6.76. The van der Waals surface area contributed by atoms with E-state index in [4.69, 9.17) is 0 Å². The molecule has 1 aromatic rings. The monoisotopic (exact) mass is 310 g/mol. The standard InChI is InChI=1S/C15H22N2O3S/c1-4-11-16-15(18)6-5-12-17(21(3,19)20)14-9-7-13(2)8-10-14/h4,7-10H,1,5-6,11-12H2,2-3H3,(H,16,18). The van der Waals surface area contributed by atoms with Crippen LogP contribution < -0.4 is 9.62 Å². The Morgan fingerprint density at radius 2 is 1.95 bits per heavy atom. The minimum absolute atomic E-state index is 0.104. The summed E-state index contributed by atoms with van der Waals surface area (Å²) in [5.41, 5.74) is 1.69. The molecule has 1 rings (SSSR count). The van der Waals surface area contributed by atoms with E-state index in [1.807, 2.05) is 19.1 Å². The number of sulfonamides is 1. The van der Waals surface area contributed by atoms with Crippen LogP contribution >= 0.6 is 0 Å². The number of benzene rings is 1. The molecule has 0 aliphatic rings. The van der Waals surface area contributed by atoms with Crippen LogP contribution in [0.25, 0.3) is 0 Å². The van der Waals surface area contributed by atoms with Crippen LogP contribution in [0.2, 0.25) is 0 Å². The van der Waals surface area contributed by atoms with Crippen LogP contribution in [0.1, 0.15) is 18.4 Å². The summed E-state index contributed by atoms with van der Waals surface area (Å²) >= 11 is 0. The highest BCUT2D eigenvalue weighted by atomic mass is 32.2. The summed E-state index contributed by atoms with van der Waals surface area (Å²) in [5, 5.41) is 2.67. The molecule has 6 heteroatoms. The van der Waals surface area contributed by atoms with Crippen molar-refractivity contribution in [3.8, 4) is 0 Å². The van der Waals surface area contributed by atoms with Gasteiger partial charge in [-0.1, -0.05) is 23.8 Å². The molecule has 0 aliphatic heterocycles. The van der Waals surface area contributed by atoms with Crippen LogP contribution in [-0.4, -0.2) is 33.7 Å². The van der Waals surface area contributed by atoms with Crippen molar-refractivity contribution in [2.45, 2.75) is 19.8 Å². The molecule has 21 heavy (non-hydrogen) atoms. The zero-order chi connectivity index (χ0) is 15.9. The topological polar surface area (TPSA) is 66.5 Å². The molecule has 0 aliphatic carbocycles. The predicted octanol–water partition coefficient (Wildman–Crippen LogP) is 1.84. The second kappa shape index (κ2) is 7.83. The van der Waals surface area contributed by atoms with Crippen molar-refractivity contribution in [2.24, 2.45) is 0 Å². The number of hydrogen-bond acceptors (Lipinski definition) is 3. The molecule has 1 amide bonds. The number of hydrogen-bond donors (Lipinski definition) is 1. The Bertz CT molecular complexity index is 579. The van der Waals surface area contributed by atoms with Gasteiger partial charge in [-0.15, -0.1) is 6.58 Å². The SMILES string of the molecule is C=CCNC(=O)CCCN(c1ccc(C)cc1)S(C)(=O)=O. The summed E-state index contributed by atoms with van der Waals surface area (Å²) in [6.07, 6.45) is 3.52. The van der Waals surface area contributed by atoms with Crippen LogP contribution in [0, 0.1) is 6.92 Å². The van der Waals surface area contributed by atoms with E-state index in [-0.39, 0.29) is 18.9 Å². The molecule has 0 atom stereocenters. The van der Waals surface area contributed by atoms with Gasteiger partial charge >= 0.3 is 0 Å². The van der Waals surface area contributed by atoms with Crippen LogP contribution in [0.15, 0.2) is 36.9 Å². The molecule has 0 saturated carbocycles. The first-order valence-corrected chi connectivity index (χ1v) is 8.61. The Labute approximate surface area is 126 Å². The third kappa shape index (κ3) is 5.99.